The summed E-state index contributed by atoms with van der Waals surface area (Å²) in [5.74, 6) is -2.02. The Morgan fingerprint density at radius 3 is 2.31 bits per heavy atom. The van der Waals surface area contributed by atoms with Crippen LogP contribution in [0.25, 0.3) is 10.8 Å². The normalized spacial score (nSPS) is 10.8. The van der Waals surface area contributed by atoms with Gasteiger partial charge in [0.1, 0.15) is 5.75 Å². The van der Waals surface area contributed by atoms with E-state index in [1.807, 2.05) is 56.3 Å². The summed E-state index contributed by atoms with van der Waals surface area (Å²) >= 11 is 0. The third-order valence-electron chi connectivity index (χ3n) is 5.23. The maximum atomic E-state index is 12.7. The Kier molecular flexibility index (Phi) is 6.97. The second-order valence-corrected chi connectivity index (χ2v) is 7.98. The van der Waals surface area contributed by atoms with Gasteiger partial charge in [-0.15, -0.1) is 0 Å². The molecule has 0 saturated heterocycles. The number of esters is 1. The molecule has 0 bridgehead atoms. The first-order valence-electron chi connectivity index (χ1n) is 10.9. The fourth-order valence-corrected chi connectivity index (χ4v) is 3.55. The Bertz CT molecular complexity index is 1460. The molecule has 0 aliphatic heterocycles. The predicted octanol–water partition coefficient (Wildman–Crippen LogP) is 4.76. The Morgan fingerprint density at radius 2 is 1.54 bits per heavy atom. The van der Waals surface area contributed by atoms with Crippen LogP contribution < -0.4 is 15.5 Å². The number of anilines is 1. The van der Waals surface area contributed by atoms with E-state index in [2.05, 4.69) is 15.8 Å². The first-order valence-corrected chi connectivity index (χ1v) is 10.9. The number of hydrogen-bond donors (Lipinski definition) is 2. The van der Waals surface area contributed by atoms with Crippen LogP contribution >= 0.6 is 0 Å². The third kappa shape index (κ3) is 5.78. The van der Waals surface area contributed by atoms with Crippen molar-refractivity contribution in [3.63, 3.8) is 0 Å². The van der Waals surface area contributed by atoms with Gasteiger partial charge in [-0.1, -0.05) is 60.2 Å². The minimum atomic E-state index is -0.929. The quantitative estimate of drug-likeness (QED) is 0.146. The lowest BCUT2D eigenvalue weighted by atomic mass is 10.0. The van der Waals surface area contributed by atoms with E-state index >= 15 is 0 Å². The lowest BCUT2D eigenvalue weighted by Crippen LogP contribution is -2.32. The summed E-state index contributed by atoms with van der Waals surface area (Å²) in [6.07, 6.45) is 1.36. The van der Waals surface area contributed by atoms with Gasteiger partial charge in [-0.05, 0) is 60.5 Å². The predicted molar refractivity (Wildman–Crippen MR) is 136 cm³/mol. The van der Waals surface area contributed by atoms with Crippen LogP contribution in [-0.4, -0.2) is 24.0 Å². The van der Waals surface area contributed by atoms with Crippen molar-refractivity contribution in [1.29, 1.82) is 0 Å². The highest BCUT2D eigenvalue weighted by Crippen LogP contribution is 2.27. The van der Waals surface area contributed by atoms with Crippen LogP contribution in [0, 0.1) is 13.8 Å². The molecule has 0 fully saturated rings. The van der Waals surface area contributed by atoms with Crippen LogP contribution in [0.2, 0.25) is 0 Å². The molecule has 0 aromatic heterocycles. The maximum Gasteiger partial charge on any atom is 0.343 e. The number of nitrogens with one attached hydrogen (secondary N) is 2. The fraction of sp³-hybridized carbons (Fsp3) is 0.0714. The number of carbonyl (C=O) groups excluding carboxylic acids is 3. The molecule has 4 rings (SSSR count). The number of benzene rings is 4. The summed E-state index contributed by atoms with van der Waals surface area (Å²) in [6, 6.07) is 25.2. The van der Waals surface area contributed by atoms with Gasteiger partial charge in [0.05, 0.1) is 11.8 Å². The van der Waals surface area contributed by atoms with Crippen molar-refractivity contribution in [2.45, 2.75) is 13.8 Å². The molecule has 7 nitrogen and oxygen atoms in total. The van der Waals surface area contributed by atoms with E-state index < -0.39 is 17.8 Å². The molecule has 7 heteroatoms. The van der Waals surface area contributed by atoms with E-state index in [4.69, 9.17) is 4.74 Å². The summed E-state index contributed by atoms with van der Waals surface area (Å²) in [5.41, 5.74) is 5.53. The molecule has 2 amide bonds. The molecule has 174 valence electrons. The lowest BCUT2D eigenvalue weighted by Gasteiger charge is -2.11. The minimum absolute atomic E-state index is 0.275. The van der Waals surface area contributed by atoms with Crippen molar-refractivity contribution in [2.24, 2.45) is 5.10 Å². The number of hydrazone groups is 1. The first-order chi connectivity index (χ1) is 16.9. The van der Waals surface area contributed by atoms with E-state index in [0.29, 0.717) is 16.8 Å². The topological polar surface area (TPSA) is 96.9 Å². The van der Waals surface area contributed by atoms with Crippen LogP contribution in [0.4, 0.5) is 5.69 Å². The molecule has 2 N–H and O–H groups in total. The van der Waals surface area contributed by atoms with Gasteiger partial charge in [-0.3, -0.25) is 9.59 Å². The van der Waals surface area contributed by atoms with Gasteiger partial charge in [0, 0.05) is 11.3 Å². The Labute approximate surface area is 202 Å². The molecule has 35 heavy (non-hydrogen) atoms. The summed E-state index contributed by atoms with van der Waals surface area (Å²) in [5, 5.41) is 8.14. The molecular formula is C28H23N3O4. The monoisotopic (exact) mass is 465 g/mol. The number of nitrogens with zero attached hydrogens (tertiary/aromatic N) is 1. The first kappa shape index (κ1) is 23.4. The average Bonchev–Trinajstić information content (AvgIpc) is 2.85. The molecule has 4 aromatic rings. The zero-order chi connectivity index (χ0) is 24.8. The molecule has 0 radical (unpaired) electrons. The highest BCUT2D eigenvalue weighted by atomic mass is 16.5. The van der Waals surface area contributed by atoms with Crippen molar-refractivity contribution >= 4 is 40.5 Å². The summed E-state index contributed by atoms with van der Waals surface area (Å²) in [7, 11) is 0. The number of rotatable bonds is 5. The van der Waals surface area contributed by atoms with Crippen LogP contribution in [0.1, 0.15) is 27.0 Å². The van der Waals surface area contributed by atoms with E-state index in [-0.39, 0.29) is 5.75 Å². The van der Waals surface area contributed by atoms with Gasteiger partial charge in [0.25, 0.3) is 0 Å². The number of amides is 2. The van der Waals surface area contributed by atoms with Gasteiger partial charge in [0.15, 0.2) is 0 Å². The number of hydrogen-bond acceptors (Lipinski definition) is 5. The molecule has 0 unspecified atom stereocenters. The summed E-state index contributed by atoms with van der Waals surface area (Å²) in [6.45, 7) is 3.77. The van der Waals surface area contributed by atoms with Crippen LogP contribution in [-0.2, 0) is 9.59 Å². The van der Waals surface area contributed by atoms with Crippen LogP contribution in [0.5, 0.6) is 5.75 Å². The maximum absolute atomic E-state index is 12.7. The average molecular weight is 466 g/mol. The van der Waals surface area contributed by atoms with Gasteiger partial charge in [-0.25, -0.2) is 10.2 Å². The fourth-order valence-electron chi connectivity index (χ4n) is 3.55. The molecule has 0 aliphatic rings. The third-order valence-corrected chi connectivity index (χ3v) is 5.23. The second-order valence-electron chi connectivity index (χ2n) is 7.98. The zero-order valence-corrected chi connectivity index (χ0v) is 19.2. The smallest absolute Gasteiger partial charge is 0.343 e. The zero-order valence-electron chi connectivity index (χ0n) is 19.2. The highest BCUT2D eigenvalue weighted by Gasteiger charge is 2.15. The molecule has 0 saturated carbocycles. The van der Waals surface area contributed by atoms with Crippen molar-refractivity contribution < 1.29 is 19.1 Å². The van der Waals surface area contributed by atoms with Gasteiger partial charge in [-0.2, -0.15) is 5.10 Å². The van der Waals surface area contributed by atoms with E-state index in [0.717, 1.165) is 21.9 Å². The molecule has 0 atom stereocenters. The summed E-state index contributed by atoms with van der Waals surface area (Å²) < 4.78 is 5.67. The van der Waals surface area contributed by atoms with E-state index in [9.17, 15) is 14.4 Å². The molecule has 4 aromatic carbocycles. The van der Waals surface area contributed by atoms with Crippen molar-refractivity contribution in [3.8, 4) is 5.75 Å². The lowest BCUT2D eigenvalue weighted by molar-refractivity contribution is -0.136. The minimum Gasteiger partial charge on any atom is -0.422 e. The van der Waals surface area contributed by atoms with Crippen molar-refractivity contribution in [2.75, 3.05) is 5.32 Å². The number of carbonyl (C=O) groups is 3. The van der Waals surface area contributed by atoms with Crippen LogP contribution in [0.15, 0.2) is 90.0 Å². The van der Waals surface area contributed by atoms with Crippen molar-refractivity contribution in [3.05, 3.63) is 107 Å². The van der Waals surface area contributed by atoms with Crippen LogP contribution in [0.3, 0.4) is 0 Å². The SMILES string of the molecule is Cc1cccc(NC(=O)C(=O)N/N=C\c2c(OC(=O)c3cccc(C)c3)ccc3ccccc23)c1. The molecule has 0 spiro atoms. The van der Waals surface area contributed by atoms with E-state index in [1.165, 1.54) is 6.21 Å². The molecule has 0 aliphatic carbocycles. The Hall–Kier alpha value is -4.78. The number of fused-ring (bicyclic) bond motifs is 1. The Balaban J connectivity index is 1.54. The number of aryl methyl sites for hydroxylation is 2. The summed E-state index contributed by atoms with van der Waals surface area (Å²) in [4.78, 5) is 37.2. The standard InChI is InChI=1S/C28H23N3O4/c1-18-7-5-10-21(15-18)28(34)35-25-14-13-20-9-3-4-12-23(20)24(25)17-29-31-27(33)26(32)30-22-11-6-8-19(2)16-22/h3-17H,1-2H3,(H,30,32)(H,31,33)/b29-17-. The van der Waals surface area contributed by atoms with Gasteiger partial charge < -0.3 is 10.1 Å². The second kappa shape index (κ2) is 10.4. The van der Waals surface area contributed by atoms with Gasteiger partial charge >= 0.3 is 17.8 Å². The molecular weight excluding hydrogens is 442 g/mol. The largest absolute Gasteiger partial charge is 0.422 e. The number of ether oxygens (including phenoxy) is 1. The van der Waals surface area contributed by atoms with Crippen molar-refractivity contribution in [1.82, 2.24) is 5.43 Å². The van der Waals surface area contributed by atoms with E-state index in [1.54, 1.807) is 42.5 Å². The van der Waals surface area contributed by atoms with Gasteiger partial charge in [0.2, 0.25) is 0 Å². The molecule has 0 heterocycles. The highest BCUT2D eigenvalue weighted by molar-refractivity contribution is 6.39. The Morgan fingerprint density at radius 1 is 0.800 bits per heavy atom.